The molecule has 2 aromatic rings. The summed E-state index contributed by atoms with van der Waals surface area (Å²) in [6.45, 7) is -0.0304. The van der Waals surface area contributed by atoms with Gasteiger partial charge in [-0.3, -0.25) is 4.98 Å². The van der Waals surface area contributed by atoms with Crippen molar-refractivity contribution >= 4 is 0 Å². The van der Waals surface area contributed by atoms with Gasteiger partial charge in [0.15, 0.2) is 0 Å². The molecule has 1 aromatic carbocycles. The van der Waals surface area contributed by atoms with Gasteiger partial charge in [-0.15, -0.1) is 0 Å². The van der Waals surface area contributed by atoms with Gasteiger partial charge in [-0.25, -0.2) is 8.78 Å². The lowest BCUT2D eigenvalue weighted by molar-refractivity contribution is -0.0107. The largest absolute Gasteiger partial charge is 0.330 e. The number of aromatic nitrogens is 1. The highest BCUT2D eigenvalue weighted by Crippen LogP contribution is 2.32. The number of hydrogen-bond donors (Lipinski definition) is 1. The van der Waals surface area contributed by atoms with E-state index in [9.17, 15) is 8.78 Å². The van der Waals surface area contributed by atoms with Crippen LogP contribution in [-0.4, -0.2) is 11.5 Å². The molecule has 0 aliphatic heterocycles. The van der Waals surface area contributed by atoms with Crippen molar-refractivity contribution in [2.45, 2.75) is 12.3 Å². The van der Waals surface area contributed by atoms with Gasteiger partial charge < -0.3 is 5.73 Å². The lowest BCUT2D eigenvalue weighted by Crippen LogP contribution is -2.18. The third-order valence-corrected chi connectivity index (χ3v) is 2.76. The lowest BCUT2D eigenvalue weighted by atomic mass is 10.0. The van der Waals surface area contributed by atoms with Gasteiger partial charge >= 0.3 is 0 Å². The third-order valence-electron chi connectivity index (χ3n) is 2.76. The van der Waals surface area contributed by atoms with Crippen molar-refractivity contribution < 1.29 is 8.78 Å². The summed E-state index contributed by atoms with van der Waals surface area (Å²) in [5.74, 6) is -2.86. The summed E-state index contributed by atoms with van der Waals surface area (Å²) < 4.78 is 27.2. The van der Waals surface area contributed by atoms with Crippen LogP contribution in [-0.2, 0) is 5.92 Å². The molecule has 0 amide bonds. The van der Waals surface area contributed by atoms with Gasteiger partial charge in [-0.2, -0.15) is 0 Å². The number of hydrogen-bond acceptors (Lipinski definition) is 2. The minimum absolute atomic E-state index is 0.000547. The Morgan fingerprint density at radius 2 is 1.78 bits per heavy atom. The molecule has 2 rings (SSSR count). The topological polar surface area (TPSA) is 38.9 Å². The van der Waals surface area contributed by atoms with Crippen molar-refractivity contribution in [2.24, 2.45) is 5.73 Å². The van der Waals surface area contributed by atoms with Crippen LogP contribution in [0.5, 0.6) is 0 Å². The summed E-state index contributed by atoms with van der Waals surface area (Å²) in [4.78, 5) is 4.00. The molecule has 0 atom stereocenters. The number of nitrogens with two attached hydrogens (primary N) is 1. The molecule has 0 bridgehead atoms. The molecule has 0 fully saturated rings. The Kier molecular flexibility index (Phi) is 3.67. The monoisotopic (exact) mass is 248 g/mol. The second kappa shape index (κ2) is 5.23. The molecule has 1 aromatic heterocycles. The average Bonchev–Trinajstić information content (AvgIpc) is 2.40. The van der Waals surface area contributed by atoms with Crippen LogP contribution in [0.4, 0.5) is 8.78 Å². The van der Waals surface area contributed by atoms with E-state index in [0.29, 0.717) is 0 Å². The minimum Gasteiger partial charge on any atom is -0.330 e. The summed E-state index contributed by atoms with van der Waals surface area (Å²) in [5.41, 5.74) is 6.96. The van der Waals surface area contributed by atoms with Gasteiger partial charge in [0.05, 0.1) is 0 Å². The van der Waals surface area contributed by atoms with E-state index in [2.05, 4.69) is 4.98 Å². The molecule has 0 aliphatic rings. The summed E-state index contributed by atoms with van der Waals surface area (Å²) in [5, 5.41) is 0. The van der Waals surface area contributed by atoms with E-state index in [-0.39, 0.29) is 18.5 Å². The highest BCUT2D eigenvalue weighted by Gasteiger charge is 2.29. The van der Waals surface area contributed by atoms with Crippen LogP contribution in [0.3, 0.4) is 0 Å². The maximum absolute atomic E-state index is 13.6. The minimum atomic E-state index is -2.86. The Morgan fingerprint density at radius 1 is 1.06 bits per heavy atom. The van der Waals surface area contributed by atoms with E-state index < -0.39 is 5.92 Å². The zero-order valence-corrected chi connectivity index (χ0v) is 9.81. The molecule has 94 valence electrons. The van der Waals surface area contributed by atoms with Crippen LogP contribution in [0.2, 0.25) is 0 Å². The smallest absolute Gasteiger partial charge is 0.274 e. The molecule has 0 unspecified atom stereocenters. The van der Waals surface area contributed by atoms with Gasteiger partial charge in [0, 0.05) is 24.4 Å². The first-order valence-electron chi connectivity index (χ1n) is 5.72. The molecule has 2 nitrogen and oxygen atoms in total. The highest BCUT2D eigenvalue weighted by molar-refractivity contribution is 5.62. The van der Waals surface area contributed by atoms with Crippen LogP contribution in [0.1, 0.15) is 12.0 Å². The van der Waals surface area contributed by atoms with Crippen molar-refractivity contribution in [3.8, 4) is 11.1 Å². The molecule has 0 aliphatic carbocycles. The first-order valence-corrected chi connectivity index (χ1v) is 5.72. The normalized spacial score (nSPS) is 11.5. The third kappa shape index (κ3) is 2.71. The van der Waals surface area contributed by atoms with Crippen molar-refractivity contribution in [3.05, 3.63) is 54.4 Å². The van der Waals surface area contributed by atoms with Gasteiger partial charge in [0.25, 0.3) is 5.92 Å². The molecule has 0 saturated heterocycles. The predicted molar refractivity (Wildman–Crippen MR) is 67.2 cm³/mol. The van der Waals surface area contributed by atoms with E-state index in [1.54, 1.807) is 24.5 Å². The van der Waals surface area contributed by atoms with Gasteiger partial charge in [-0.1, -0.05) is 30.3 Å². The number of halogens is 2. The fourth-order valence-electron chi connectivity index (χ4n) is 1.77. The van der Waals surface area contributed by atoms with Gasteiger partial charge in [0.1, 0.15) is 0 Å². The first kappa shape index (κ1) is 12.6. The number of pyridine rings is 1. The molecular weight excluding hydrogens is 234 g/mol. The second-order valence-corrected chi connectivity index (χ2v) is 4.06. The molecule has 0 radical (unpaired) electrons. The molecule has 4 heteroatoms. The average molecular weight is 248 g/mol. The first-order chi connectivity index (χ1) is 8.63. The zero-order chi connectivity index (χ0) is 13.0. The standard InChI is InChI=1S/C14H14F2N2/c15-14(16,7-8-17)13-5-3-11(4-6-13)12-2-1-9-18-10-12/h1-6,9-10H,7-8,17H2. The molecule has 1 heterocycles. The number of nitrogens with zero attached hydrogens (tertiary/aromatic N) is 1. The van der Waals surface area contributed by atoms with Crippen LogP contribution in [0.15, 0.2) is 48.8 Å². The number of benzene rings is 1. The molecular formula is C14H14F2N2. The van der Waals surface area contributed by atoms with Crippen molar-refractivity contribution in [3.63, 3.8) is 0 Å². The molecule has 2 N–H and O–H groups in total. The highest BCUT2D eigenvalue weighted by atomic mass is 19.3. The van der Waals surface area contributed by atoms with Crippen molar-refractivity contribution in [1.82, 2.24) is 4.98 Å². The fraction of sp³-hybridized carbons (Fsp3) is 0.214. The van der Waals surface area contributed by atoms with Gasteiger partial charge in [-0.05, 0) is 23.7 Å². The van der Waals surface area contributed by atoms with E-state index >= 15 is 0 Å². The summed E-state index contributed by atoms with van der Waals surface area (Å²) in [6, 6.07) is 9.94. The van der Waals surface area contributed by atoms with Crippen molar-refractivity contribution in [1.29, 1.82) is 0 Å². The maximum Gasteiger partial charge on any atom is 0.274 e. The lowest BCUT2D eigenvalue weighted by Gasteiger charge is -2.15. The Balaban J connectivity index is 2.26. The molecule has 18 heavy (non-hydrogen) atoms. The van der Waals surface area contributed by atoms with E-state index in [1.165, 1.54) is 12.1 Å². The number of alkyl halides is 2. The van der Waals surface area contributed by atoms with E-state index in [0.717, 1.165) is 11.1 Å². The van der Waals surface area contributed by atoms with Gasteiger partial charge in [0.2, 0.25) is 0 Å². The van der Waals surface area contributed by atoms with Crippen LogP contribution < -0.4 is 5.73 Å². The summed E-state index contributed by atoms with van der Waals surface area (Å²) in [7, 11) is 0. The predicted octanol–water partition coefficient (Wildman–Crippen LogP) is 3.19. The Morgan fingerprint density at radius 3 is 2.33 bits per heavy atom. The maximum atomic E-state index is 13.6. The number of rotatable bonds is 4. The molecule has 0 saturated carbocycles. The Bertz CT molecular complexity index is 495. The van der Waals surface area contributed by atoms with Crippen LogP contribution in [0, 0.1) is 0 Å². The van der Waals surface area contributed by atoms with Crippen LogP contribution >= 0.6 is 0 Å². The fourth-order valence-corrected chi connectivity index (χ4v) is 1.77. The SMILES string of the molecule is NCCC(F)(F)c1ccc(-c2cccnc2)cc1. The van der Waals surface area contributed by atoms with E-state index in [4.69, 9.17) is 5.73 Å². The summed E-state index contributed by atoms with van der Waals surface area (Å²) >= 11 is 0. The van der Waals surface area contributed by atoms with Crippen molar-refractivity contribution in [2.75, 3.05) is 6.54 Å². The second-order valence-electron chi connectivity index (χ2n) is 4.06. The zero-order valence-electron chi connectivity index (χ0n) is 9.81. The molecule has 0 spiro atoms. The Hall–Kier alpha value is -1.81. The van der Waals surface area contributed by atoms with Crippen LogP contribution in [0.25, 0.3) is 11.1 Å². The van der Waals surface area contributed by atoms with E-state index in [1.807, 2.05) is 12.1 Å². The Labute approximate surface area is 104 Å². The summed E-state index contributed by atoms with van der Waals surface area (Å²) in [6.07, 6.45) is 3.04. The quantitative estimate of drug-likeness (QED) is 0.902.